The molecule has 7 nitrogen and oxygen atoms in total. The lowest BCUT2D eigenvalue weighted by Crippen LogP contribution is -2.24. The van der Waals surface area contributed by atoms with Gasteiger partial charge in [0.1, 0.15) is 5.69 Å². The summed E-state index contributed by atoms with van der Waals surface area (Å²) >= 11 is 0. The largest absolute Gasteiger partial charge is 0.385 e. The van der Waals surface area contributed by atoms with Crippen LogP contribution in [0.4, 0.5) is 5.69 Å². The molecular weight excluding hydrogens is 354 g/mol. The Labute approximate surface area is 162 Å². The van der Waals surface area contributed by atoms with E-state index in [1.54, 1.807) is 30.1 Å². The van der Waals surface area contributed by atoms with Crippen LogP contribution in [0.3, 0.4) is 0 Å². The second-order valence-electron chi connectivity index (χ2n) is 6.04. The average Bonchev–Trinajstić information content (AvgIpc) is 3.17. The molecule has 0 aliphatic carbocycles. The summed E-state index contributed by atoms with van der Waals surface area (Å²) in [5.74, 6) is -0.213. The summed E-state index contributed by atoms with van der Waals surface area (Å²) in [6.45, 7) is 0.321. The van der Waals surface area contributed by atoms with Gasteiger partial charge in [0.2, 0.25) is 0 Å². The zero-order chi connectivity index (χ0) is 19.9. The molecule has 3 aromatic rings. The lowest BCUT2D eigenvalue weighted by molar-refractivity contribution is 0.0954. The molecule has 0 bridgehead atoms. The average molecular weight is 373 g/mol. The van der Waals surface area contributed by atoms with Crippen LogP contribution >= 0.6 is 0 Å². The van der Waals surface area contributed by atoms with E-state index in [0.29, 0.717) is 29.8 Å². The lowest BCUT2D eigenvalue weighted by Gasteiger charge is -2.08. The Balaban J connectivity index is 1.89. The fourth-order valence-electron chi connectivity index (χ4n) is 2.80. The zero-order valence-corrected chi connectivity index (χ0v) is 15.3. The van der Waals surface area contributed by atoms with Crippen molar-refractivity contribution in [1.29, 1.82) is 5.26 Å². The molecule has 3 rings (SSSR count). The van der Waals surface area contributed by atoms with Gasteiger partial charge in [-0.3, -0.25) is 9.59 Å². The van der Waals surface area contributed by atoms with E-state index in [2.05, 4.69) is 15.7 Å². The first-order valence-electron chi connectivity index (χ1n) is 8.75. The van der Waals surface area contributed by atoms with Crippen LogP contribution in [0.25, 0.3) is 16.8 Å². The first-order valence-corrected chi connectivity index (χ1v) is 8.75. The normalized spacial score (nSPS) is 10.1. The SMILES string of the molecule is CNc1cn(-c2cccc(-c3cccc(C(=O)NCCC#N)c3)c2)nc1C=O. The van der Waals surface area contributed by atoms with Crippen molar-refractivity contribution in [3.63, 3.8) is 0 Å². The van der Waals surface area contributed by atoms with Gasteiger partial charge in [-0.25, -0.2) is 4.68 Å². The van der Waals surface area contributed by atoms with Gasteiger partial charge in [-0.1, -0.05) is 24.3 Å². The molecule has 1 amide bonds. The Morgan fingerprint density at radius 3 is 2.64 bits per heavy atom. The van der Waals surface area contributed by atoms with Crippen molar-refractivity contribution in [2.24, 2.45) is 0 Å². The van der Waals surface area contributed by atoms with Crippen LogP contribution in [-0.2, 0) is 0 Å². The van der Waals surface area contributed by atoms with E-state index < -0.39 is 0 Å². The van der Waals surface area contributed by atoms with Crippen molar-refractivity contribution >= 4 is 17.9 Å². The summed E-state index contributed by atoms with van der Waals surface area (Å²) in [7, 11) is 1.73. The number of nitrogens with zero attached hydrogens (tertiary/aromatic N) is 3. The van der Waals surface area contributed by atoms with Crippen molar-refractivity contribution in [1.82, 2.24) is 15.1 Å². The summed E-state index contributed by atoms with van der Waals surface area (Å²) in [4.78, 5) is 23.4. The molecule has 0 aliphatic rings. The van der Waals surface area contributed by atoms with Gasteiger partial charge in [-0.15, -0.1) is 0 Å². The smallest absolute Gasteiger partial charge is 0.251 e. The van der Waals surface area contributed by atoms with Crippen molar-refractivity contribution < 1.29 is 9.59 Å². The Morgan fingerprint density at radius 2 is 1.96 bits per heavy atom. The topological polar surface area (TPSA) is 99.8 Å². The van der Waals surface area contributed by atoms with Gasteiger partial charge in [0.05, 0.1) is 30.1 Å². The fourth-order valence-corrected chi connectivity index (χ4v) is 2.80. The van der Waals surface area contributed by atoms with E-state index in [-0.39, 0.29) is 12.3 Å². The summed E-state index contributed by atoms with van der Waals surface area (Å²) in [6, 6.07) is 16.9. The van der Waals surface area contributed by atoms with E-state index in [1.807, 2.05) is 42.5 Å². The van der Waals surface area contributed by atoms with E-state index in [9.17, 15) is 9.59 Å². The van der Waals surface area contributed by atoms with Gasteiger partial charge in [-0.05, 0) is 35.4 Å². The van der Waals surface area contributed by atoms with Crippen LogP contribution in [0.1, 0.15) is 27.3 Å². The van der Waals surface area contributed by atoms with Gasteiger partial charge < -0.3 is 10.6 Å². The second-order valence-corrected chi connectivity index (χ2v) is 6.04. The van der Waals surface area contributed by atoms with E-state index >= 15 is 0 Å². The Bertz CT molecular complexity index is 1050. The van der Waals surface area contributed by atoms with E-state index in [1.165, 1.54) is 0 Å². The van der Waals surface area contributed by atoms with Crippen LogP contribution in [0.15, 0.2) is 54.7 Å². The first-order chi connectivity index (χ1) is 13.7. The zero-order valence-electron chi connectivity index (χ0n) is 15.3. The van der Waals surface area contributed by atoms with Gasteiger partial charge in [0.25, 0.3) is 5.91 Å². The molecule has 0 saturated carbocycles. The minimum atomic E-state index is -0.213. The number of amides is 1. The fraction of sp³-hybridized carbons (Fsp3) is 0.143. The number of hydrogen-bond acceptors (Lipinski definition) is 5. The maximum absolute atomic E-state index is 12.2. The molecule has 0 fully saturated rings. The number of carbonyl (C=O) groups excluding carboxylic acids is 2. The van der Waals surface area contributed by atoms with Crippen LogP contribution in [-0.4, -0.2) is 35.6 Å². The highest BCUT2D eigenvalue weighted by Crippen LogP contribution is 2.24. The van der Waals surface area contributed by atoms with Gasteiger partial charge in [0, 0.05) is 19.2 Å². The maximum Gasteiger partial charge on any atom is 0.251 e. The molecule has 2 N–H and O–H groups in total. The number of rotatable bonds is 7. The molecule has 28 heavy (non-hydrogen) atoms. The predicted molar refractivity (Wildman–Crippen MR) is 106 cm³/mol. The number of aldehydes is 1. The van der Waals surface area contributed by atoms with Crippen molar-refractivity contribution in [2.75, 3.05) is 18.9 Å². The number of benzene rings is 2. The maximum atomic E-state index is 12.2. The molecule has 2 aromatic carbocycles. The number of hydrogen-bond donors (Lipinski definition) is 2. The summed E-state index contributed by atoms with van der Waals surface area (Å²) < 4.78 is 1.64. The highest BCUT2D eigenvalue weighted by molar-refractivity contribution is 5.95. The monoisotopic (exact) mass is 373 g/mol. The van der Waals surface area contributed by atoms with E-state index in [4.69, 9.17) is 5.26 Å². The number of carbonyl (C=O) groups is 2. The summed E-state index contributed by atoms with van der Waals surface area (Å²) in [6.07, 6.45) is 2.73. The van der Waals surface area contributed by atoms with E-state index in [0.717, 1.165) is 16.8 Å². The molecule has 1 aromatic heterocycles. The van der Waals surface area contributed by atoms with Crippen LogP contribution < -0.4 is 10.6 Å². The quantitative estimate of drug-likeness (QED) is 0.490. The van der Waals surface area contributed by atoms with Gasteiger partial charge in [-0.2, -0.15) is 10.4 Å². The van der Waals surface area contributed by atoms with Crippen LogP contribution in [0, 0.1) is 11.3 Å². The van der Waals surface area contributed by atoms with Crippen molar-refractivity contribution in [3.8, 4) is 22.9 Å². The number of anilines is 1. The highest BCUT2D eigenvalue weighted by atomic mass is 16.1. The third kappa shape index (κ3) is 4.07. The number of aromatic nitrogens is 2. The lowest BCUT2D eigenvalue weighted by atomic mass is 10.0. The predicted octanol–water partition coefficient (Wildman–Crippen LogP) is 3.04. The molecule has 0 unspecified atom stereocenters. The molecule has 0 radical (unpaired) electrons. The van der Waals surface area contributed by atoms with Crippen LogP contribution in [0.2, 0.25) is 0 Å². The van der Waals surface area contributed by atoms with Crippen molar-refractivity contribution in [2.45, 2.75) is 6.42 Å². The third-order valence-electron chi connectivity index (χ3n) is 4.21. The highest BCUT2D eigenvalue weighted by Gasteiger charge is 2.10. The molecule has 0 atom stereocenters. The van der Waals surface area contributed by atoms with Crippen molar-refractivity contribution in [3.05, 3.63) is 66.0 Å². The molecule has 1 heterocycles. The second kappa shape index (κ2) is 8.64. The molecule has 0 spiro atoms. The van der Waals surface area contributed by atoms with Gasteiger partial charge >= 0.3 is 0 Å². The molecule has 0 saturated heterocycles. The Hall–Kier alpha value is -3.92. The summed E-state index contributed by atoms with van der Waals surface area (Å²) in [5.41, 5.74) is 4.11. The minimum absolute atomic E-state index is 0.213. The molecule has 140 valence electrons. The molecule has 7 heteroatoms. The van der Waals surface area contributed by atoms with Gasteiger partial charge in [0.15, 0.2) is 6.29 Å². The summed E-state index contributed by atoms with van der Waals surface area (Å²) in [5, 5.41) is 18.5. The molecular formula is C21H19N5O2. The molecule has 0 aliphatic heterocycles. The Morgan fingerprint density at radius 1 is 1.21 bits per heavy atom. The third-order valence-corrected chi connectivity index (χ3v) is 4.21. The van der Waals surface area contributed by atoms with Crippen LogP contribution in [0.5, 0.6) is 0 Å². The Kier molecular flexibility index (Phi) is 5.82. The number of nitriles is 1. The minimum Gasteiger partial charge on any atom is -0.385 e. The standard InChI is InChI=1S/C21H19N5O2/c1-23-19-13-26(25-20(19)14-27)18-8-3-6-16(12-18)15-5-2-7-17(11-15)21(28)24-10-4-9-22/h2-3,5-8,11-14,23H,4,10H2,1H3,(H,24,28). The first kappa shape index (κ1) is 18.9. The number of nitrogens with one attached hydrogen (secondary N) is 2.